The average Bonchev–Trinajstić information content (AvgIpc) is 2.55. The number of rotatable bonds is 6. The van der Waals surface area contributed by atoms with Crippen LogP contribution in [-0.4, -0.2) is 29.8 Å². The van der Waals surface area contributed by atoms with E-state index in [1.807, 2.05) is 23.1 Å². The first-order valence-corrected chi connectivity index (χ1v) is 8.79. The van der Waals surface area contributed by atoms with Crippen LogP contribution in [0, 0.1) is 5.92 Å². The molecule has 0 bridgehead atoms. The van der Waals surface area contributed by atoms with Gasteiger partial charge in [-0.3, -0.25) is 9.59 Å². The van der Waals surface area contributed by atoms with Gasteiger partial charge in [-0.25, -0.2) is 0 Å². The molecule has 0 aromatic heterocycles. The molecule has 2 rings (SSSR count). The summed E-state index contributed by atoms with van der Waals surface area (Å²) in [5.74, 6) is 0.793. The van der Waals surface area contributed by atoms with Crippen LogP contribution in [0.25, 0.3) is 0 Å². The average molecular weight is 316 g/mol. The fourth-order valence-electron chi connectivity index (χ4n) is 2.88. The smallest absolute Gasteiger partial charge is 0.253 e. The number of carbonyl (C=O) groups excluding carboxylic acids is 2. The number of hydrogen-bond donors (Lipinski definition) is 1. The zero-order valence-corrected chi connectivity index (χ0v) is 14.3. The van der Waals surface area contributed by atoms with Gasteiger partial charge in [0, 0.05) is 30.8 Å². The van der Waals surface area contributed by atoms with E-state index in [4.69, 9.17) is 0 Å². The molecule has 0 unspecified atom stereocenters. The lowest BCUT2D eigenvalue weighted by molar-refractivity contribution is -0.116. The van der Waals surface area contributed by atoms with Crippen molar-refractivity contribution in [3.05, 3.63) is 29.8 Å². The number of benzene rings is 1. The molecule has 0 radical (unpaired) electrons. The van der Waals surface area contributed by atoms with Crippen LogP contribution in [0.5, 0.6) is 0 Å². The molecule has 0 atom stereocenters. The van der Waals surface area contributed by atoms with E-state index >= 15 is 0 Å². The highest BCUT2D eigenvalue weighted by Gasteiger charge is 2.21. The molecule has 0 saturated carbocycles. The monoisotopic (exact) mass is 316 g/mol. The van der Waals surface area contributed by atoms with E-state index in [0.29, 0.717) is 23.6 Å². The standard InChI is InChI=1S/C19H28N2O2/c1-3-4-5-9-18(22)20-17-8-6-7-16(14-17)19(23)21-12-10-15(2)11-13-21/h6-8,14-15H,3-5,9-13H2,1-2H3,(H,20,22). The van der Waals surface area contributed by atoms with Crippen molar-refractivity contribution in [2.24, 2.45) is 5.92 Å². The molecule has 23 heavy (non-hydrogen) atoms. The third-order valence-electron chi connectivity index (χ3n) is 4.47. The van der Waals surface area contributed by atoms with Crippen molar-refractivity contribution >= 4 is 17.5 Å². The molecule has 1 aromatic rings. The number of piperidine rings is 1. The van der Waals surface area contributed by atoms with Crippen LogP contribution < -0.4 is 5.32 Å². The highest BCUT2D eigenvalue weighted by Crippen LogP contribution is 2.19. The molecule has 1 aliphatic heterocycles. The molecule has 4 heteroatoms. The van der Waals surface area contributed by atoms with E-state index in [0.717, 1.165) is 45.2 Å². The number of anilines is 1. The van der Waals surface area contributed by atoms with Gasteiger partial charge in [0.05, 0.1) is 0 Å². The van der Waals surface area contributed by atoms with Crippen molar-refractivity contribution in [3.63, 3.8) is 0 Å². The molecule has 1 fully saturated rings. The Labute approximate surface area is 139 Å². The van der Waals surface area contributed by atoms with Gasteiger partial charge in [-0.05, 0) is 43.4 Å². The van der Waals surface area contributed by atoms with Gasteiger partial charge in [-0.15, -0.1) is 0 Å². The molecule has 1 N–H and O–H groups in total. The molecule has 4 nitrogen and oxygen atoms in total. The predicted octanol–water partition coefficient (Wildman–Crippen LogP) is 4.08. The summed E-state index contributed by atoms with van der Waals surface area (Å²) >= 11 is 0. The van der Waals surface area contributed by atoms with Gasteiger partial charge in [0.1, 0.15) is 0 Å². The molecular formula is C19H28N2O2. The van der Waals surface area contributed by atoms with Crippen LogP contribution in [-0.2, 0) is 4.79 Å². The number of unbranched alkanes of at least 4 members (excludes halogenated alkanes) is 2. The molecule has 0 aliphatic carbocycles. The molecule has 126 valence electrons. The SMILES string of the molecule is CCCCCC(=O)Nc1cccc(C(=O)N2CCC(C)CC2)c1. The Morgan fingerprint density at radius 2 is 1.96 bits per heavy atom. The lowest BCUT2D eigenvalue weighted by Crippen LogP contribution is -2.37. The summed E-state index contributed by atoms with van der Waals surface area (Å²) in [6, 6.07) is 7.29. The second kappa shape index (κ2) is 8.70. The Bertz CT molecular complexity index is 534. The Morgan fingerprint density at radius 1 is 1.22 bits per heavy atom. The quantitative estimate of drug-likeness (QED) is 0.804. The fraction of sp³-hybridized carbons (Fsp3) is 0.579. The highest BCUT2D eigenvalue weighted by atomic mass is 16.2. The number of nitrogens with one attached hydrogen (secondary N) is 1. The van der Waals surface area contributed by atoms with Gasteiger partial charge in [0.2, 0.25) is 5.91 Å². The van der Waals surface area contributed by atoms with Gasteiger partial charge >= 0.3 is 0 Å². The van der Waals surface area contributed by atoms with E-state index < -0.39 is 0 Å². The summed E-state index contributed by atoms with van der Waals surface area (Å²) in [5.41, 5.74) is 1.37. The zero-order chi connectivity index (χ0) is 16.7. The van der Waals surface area contributed by atoms with Gasteiger partial charge < -0.3 is 10.2 Å². The first kappa shape index (κ1) is 17.5. The molecular weight excluding hydrogens is 288 g/mol. The minimum Gasteiger partial charge on any atom is -0.339 e. The molecule has 2 amide bonds. The number of nitrogens with zero attached hydrogens (tertiary/aromatic N) is 1. The van der Waals surface area contributed by atoms with Crippen molar-refractivity contribution in [2.45, 2.75) is 52.4 Å². The summed E-state index contributed by atoms with van der Waals surface area (Å²) in [6.45, 7) is 6.01. The number of amides is 2. The number of carbonyl (C=O) groups is 2. The van der Waals surface area contributed by atoms with Crippen molar-refractivity contribution in [1.29, 1.82) is 0 Å². The van der Waals surface area contributed by atoms with Crippen LogP contribution >= 0.6 is 0 Å². The molecule has 1 aliphatic rings. The van der Waals surface area contributed by atoms with Gasteiger partial charge in [-0.1, -0.05) is 32.8 Å². The van der Waals surface area contributed by atoms with Gasteiger partial charge in [0.15, 0.2) is 0 Å². The predicted molar refractivity (Wildman–Crippen MR) is 93.5 cm³/mol. The first-order chi connectivity index (χ1) is 11.1. The molecule has 0 spiro atoms. The maximum Gasteiger partial charge on any atom is 0.253 e. The Kier molecular flexibility index (Phi) is 6.63. The van der Waals surface area contributed by atoms with Crippen LogP contribution in [0.15, 0.2) is 24.3 Å². The van der Waals surface area contributed by atoms with E-state index in [9.17, 15) is 9.59 Å². The van der Waals surface area contributed by atoms with E-state index in [2.05, 4.69) is 19.2 Å². The van der Waals surface area contributed by atoms with Gasteiger partial charge in [0.25, 0.3) is 5.91 Å². The van der Waals surface area contributed by atoms with Crippen molar-refractivity contribution in [2.75, 3.05) is 18.4 Å². The van der Waals surface area contributed by atoms with E-state index in [-0.39, 0.29) is 11.8 Å². The Balaban J connectivity index is 1.93. The van der Waals surface area contributed by atoms with Crippen molar-refractivity contribution in [1.82, 2.24) is 4.90 Å². The topological polar surface area (TPSA) is 49.4 Å². The first-order valence-electron chi connectivity index (χ1n) is 8.79. The minimum absolute atomic E-state index is 0.0230. The summed E-state index contributed by atoms with van der Waals surface area (Å²) < 4.78 is 0. The van der Waals surface area contributed by atoms with Crippen LogP contribution in [0.3, 0.4) is 0 Å². The zero-order valence-electron chi connectivity index (χ0n) is 14.3. The lowest BCUT2D eigenvalue weighted by atomic mass is 9.98. The molecule has 1 aromatic carbocycles. The Hall–Kier alpha value is -1.84. The Morgan fingerprint density at radius 3 is 2.65 bits per heavy atom. The fourth-order valence-corrected chi connectivity index (χ4v) is 2.88. The third kappa shape index (κ3) is 5.38. The third-order valence-corrected chi connectivity index (χ3v) is 4.47. The maximum absolute atomic E-state index is 12.6. The van der Waals surface area contributed by atoms with E-state index in [1.165, 1.54) is 0 Å². The van der Waals surface area contributed by atoms with Crippen LogP contribution in [0.4, 0.5) is 5.69 Å². The summed E-state index contributed by atoms with van der Waals surface area (Å²) in [4.78, 5) is 26.4. The molecule has 1 saturated heterocycles. The minimum atomic E-state index is 0.0230. The van der Waals surface area contributed by atoms with Crippen molar-refractivity contribution in [3.8, 4) is 0 Å². The second-order valence-electron chi connectivity index (χ2n) is 6.56. The summed E-state index contributed by atoms with van der Waals surface area (Å²) in [7, 11) is 0. The summed E-state index contributed by atoms with van der Waals surface area (Å²) in [6.07, 6.45) is 5.76. The summed E-state index contributed by atoms with van der Waals surface area (Å²) in [5, 5.41) is 2.90. The normalized spacial score (nSPS) is 15.5. The number of likely N-dealkylation sites (tertiary alicyclic amines) is 1. The van der Waals surface area contributed by atoms with Crippen molar-refractivity contribution < 1.29 is 9.59 Å². The van der Waals surface area contributed by atoms with Gasteiger partial charge in [-0.2, -0.15) is 0 Å². The largest absolute Gasteiger partial charge is 0.339 e. The lowest BCUT2D eigenvalue weighted by Gasteiger charge is -2.30. The van der Waals surface area contributed by atoms with Crippen LogP contribution in [0.2, 0.25) is 0 Å². The highest BCUT2D eigenvalue weighted by molar-refractivity contribution is 5.97. The van der Waals surface area contributed by atoms with Crippen LogP contribution in [0.1, 0.15) is 62.7 Å². The number of hydrogen-bond acceptors (Lipinski definition) is 2. The van der Waals surface area contributed by atoms with E-state index in [1.54, 1.807) is 6.07 Å². The maximum atomic E-state index is 12.6. The second-order valence-corrected chi connectivity index (χ2v) is 6.56. The molecule has 1 heterocycles.